The van der Waals surface area contributed by atoms with E-state index in [1.807, 2.05) is 17.1 Å². The van der Waals surface area contributed by atoms with E-state index in [4.69, 9.17) is 4.74 Å². The van der Waals surface area contributed by atoms with Crippen molar-refractivity contribution in [3.63, 3.8) is 0 Å². The maximum absolute atomic E-state index is 10.9. The van der Waals surface area contributed by atoms with Gasteiger partial charge in [-0.15, -0.1) is 0 Å². The first-order valence-electron chi connectivity index (χ1n) is 7.68. The number of carbonyl (C=O) groups excluding carboxylic acids is 1. The highest BCUT2D eigenvalue weighted by atomic mass is 127. The van der Waals surface area contributed by atoms with Crippen LogP contribution in [0.2, 0.25) is 0 Å². The summed E-state index contributed by atoms with van der Waals surface area (Å²) in [5.41, 5.74) is 2.71. The molecule has 0 fully saturated rings. The Morgan fingerprint density at radius 2 is 1.96 bits per heavy atom. The van der Waals surface area contributed by atoms with Gasteiger partial charge in [0.2, 0.25) is 0 Å². The van der Waals surface area contributed by atoms with Crippen LogP contribution in [0.25, 0.3) is 0 Å². The lowest BCUT2D eigenvalue weighted by Gasteiger charge is -2.25. The van der Waals surface area contributed by atoms with E-state index >= 15 is 0 Å². The van der Waals surface area contributed by atoms with E-state index in [0.29, 0.717) is 12.2 Å². The van der Waals surface area contributed by atoms with Crippen LogP contribution in [0.3, 0.4) is 0 Å². The number of benzene rings is 1. The fourth-order valence-corrected chi connectivity index (χ4v) is 2.71. The van der Waals surface area contributed by atoms with Crippen molar-refractivity contribution in [3.8, 4) is 0 Å². The Labute approximate surface area is 156 Å². The molecule has 1 rings (SSSR count). The summed E-state index contributed by atoms with van der Waals surface area (Å²) in [6, 6.07) is 6.35. The Hall–Kier alpha value is -1.54. The van der Waals surface area contributed by atoms with Gasteiger partial charge in [0.1, 0.15) is 6.29 Å². The van der Waals surface area contributed by atoms with Gasteiger partial charge in [-0.05, 0) is 53.2 Å². The molecule has 0 radical (unpaired) electrons. The third-order valence-corrected chi connectivity index (χ3v) is 4.70. The Kier molecular flexibility index (Phi) is 8.84. The van der Waals surface area contributed by atoms with Crippen LogP contribution < -0.4 is 0 Å². The second kappa shape index (κ2) is 10.4. The van der Waals surface area contributed by atoms with Gasteiger partial charge in [-0.1, -0.05) is 35.6 Å². The number of hydrogen-bond donors (Lipinski definition) is 0. The van der Waals surface area contributed by atoms with Crippen molar-refractivity contribution in [2.75, 3.05) is 0 Å². The Morgan fingerprint density at radius 3 is 2.42 bits per heavy atom. The van der Waals surface area contributed by atoms with Gasteiger partial charge in [0.15, 0.2) is 0 Å². The topological polar surface area (TPSA) is 69.4 Å². The molecule has 0 aromatic heterocycles. The van der Waals surface area contributed by atoms with Gasteiger partial charge >= 0.3 is 0 Å². The van der Waals surface area contributed by atoms with Crippen LogP contribution in [0.5, 0.6) is 0 Å². The van der Waals surface area contributed by atoms with Crippen LogP contribution in [0.15, 0.2) is 45.6 Å². The van der Waals surface area contributed by atoms with E-state index in [1.54, 1.807) is 19.1 Å². The van der Waals surface area contributed by atoms with Gasteiger partial charge in [-0.25, -0.2) is 0 Å². The number of nitro benzene ring substituents is 1. The Morgan fingerprint density at radius 1 is 1.33 bits per heavy atom. The van der Waals surface area contributed by atoms with Crippen LogP contribution in [0.1, 0.15) is 32.8 Å². The third-order valence-electron chi connectivity index (χ3n) is 3.72. The molecule has 0 amide bonds. The second-order valence-corrected chi connectivity index (χ2v) is 6.23. The van der Waals surface area contributed by atoms with Crippen molar-refractivity contribution in [2.45, 2.75) is 39.9 Å². The summed E-state index contributed by atoms with van der Waals surface area (Å²) in [5.74, 6) is 0.0965. The van der Waals surface area contributed by atoms with Crippen molar-refractivity contribution < 1.29 is 14.5 Å². The minimum atomic E-state index is -0.420. The molecule has 1 aromatic carbocycles. The SMILES string of the molecule is CC[C@@H](/C=C(\C)C=O)[C@@H](OCc1ccc([N+](=O)[O-])cc1)/C(C)=C/I. The molecule has 0 aliphatic rings. The number of aldehydes is 1. The van der Waals surface area contributed by atoms with Crippen LogP contribution >= 0.6 is 22.6 Å². The standard InChI is InChI=1S/C18H22INO4/c1-4-16(9-13(2)11-21)18(14(3)10-19)24-12-15-5-7-17(8-6-15)20(22)23/h5-11,16,18H,4,12H2,1-3H3/b13-9+,14-10+/t16-,18-/m0/s1. The average Bonchev–Trinajstić information content (AvgIpc) is 2.60. The molecule has 0 saturated carbocycles. The molecule has 1 aromatic rings. The van der Waals surface area contributed by atoms with E-state index in [1.165, 1.54) is 12.1 Å². The second-order valence-electron chi connectivity index (χ2n) is 5.61. The van der Waals surface area contributed by atoms with E-state index in [0.717, 1.165) is 23.8 Å². The molecule has 0 spiro atoms. The summed E-state index contributed by atoms with van der Waals surface area (Å²) < 4.78 is 8.05. The number of nitro groups is 1. The van der Waals surface area contributed by atoms with Gasteiger partial charge in [0, 0.05) is 18.1 Å². The molecule has 0 bridgehead atoms. The fourth-order valence-electron chi connectivity index (χ4n) is 2.35. The van der Waals surface area contributed by atoms with Crippen molar-refractivity contribution in [1.82, 2.24) is 0 Å². The maximum atomic E-state index is 10.9. The monoisotopic (exact) mass is 443 g/mol. The van der Waals surface area contributed by atoms with Crippen LogP contribution in [-0.4, -0.2) is 17.3 Å². The summed E-state index contributed by atoms with van der Waals surface area (Å²) in [4.78, 5) is 21.2. The molecule has 0 aliphatic heterocycles. The zero-order valence-electron chi connectivity index (χ0n) is 14.1. The average molecular weight is 443 g/mol. The van der Waals surface area contributed by atoms with Crippen LogP contribution in [-0.2, 0) is 16.1 Å². The first-order valence-corrected chi connectivity index (χ1v) is 8.92. The molecule has 0 aliphatic carbocycles. The molecule has 0 heterocycles. The summed E-state index contributed by atoms with van der Waals surface area (Å²) in [7, 11) is 0. The lowest BCUT2D eigenvalue weighted by atomic mass is 9.92. The molecule has 2 atom stereocenters. The minimum Gasteiger partial charge on any atom is -0.369 e. The van der Waals surface area contributed by atoms with Crippen molar-refractivity contribution in [2.24, 2.45) is 5.92 Å². The first-order chi connectivity index (χ1) is 11.4. The molecule has 5 nitrogen and oxygen atoms in total. The normalized spacial score (nSPS) is 15.0. The Balaban J connectivity index is 2.90. The molecular formula is C18H22INO4. The molecule has 0 saturated heterocycles. The van der Waals surface area contributed by atoms with Crippen LogP contribution in [0.4, 0.5) is 5.69 Å². The lowest BCUT2D eigenvalue weighted by molar-refractivity contribution is -0.384. The molecule has 0 N–H and O–H groups in total. The highest BCUT2D eigenvalue weighted by Gasteiger charge is 2.21. The van der Waals surface area contributed by atoms with Crippen molar-refractivity contribution >= 4 is 34.6 Å². The van der Waals surface area contributed by atoms with Gasteiger partial charge in [0.05, 0.1) is 17.6 Å². The maximum Gasteiger partial charge on any atom is 0.269 e. The van der Waals surface area contributed by atoms with Gasteiger partial charge < -0.3 is 4.74 Å². The smallest absolute Gasteiger partial charge is 0.269 e. The molecular weight excluding hydrogens is 421 g/mol. The Bertz CT molecular complexity index is 622. The van der Waals surface area contributed by atoms with Crippen LogP contribution in [0, 0.1) is 16.0 Å². The third kappa shape index (κ3) is 6.16. The van der Waals surface area contributed by atoms with Gasteiger partial charge in [0.25, 0.3) is 5.69 Å². The van der Waals surface area contributed by atoms with E-state index < -0.39 is 4.92 Å². The zero-order chi connectivity index (χ0) is 18.1. The zero-order valence-corrected chi connectivity index (χ0v) is 16.2. The molecule has 6 heteroatoms. The minimum absolute atomic E-state index is 0.0645. The number of non-ortho nitro benzene ring substituents is 1. The summed E-state index contributed by atoms with van der Waals surface area (Å²) >= 11 is 2.18. The summed E-state index contributed by atoms with van der Waals surface area (Å²) in [6.45, 7) is 6.20. The van der Waals surface area contributed by atoms with Gasteiger partial charge in [-0.3, -0.25) is 14.9 Å². The van der Waals surface area contributed by atoms with Crippen molar-refractivity contribution in [1.29, 1.82) is 0 Å². The number of ether oxygens (including phenoxy) is 1. The number of nitrogens with zero attached hydrogens (tertiary/aromatic N) is 1. The number of halogens is 1. The predicted octanol–water partition coefficient (Wildman–Crippen LogP) is 4.99. The van der Waals surface area contributed by atoms with Crippen molar-refractivity contribution in [3.05, 3.63) is 61.2 Å². The summed E-state index contributed by atoms with van der Waals surface area (Å²) in [5, 5.41) is 10.7. The molecule has 0 unspecified atom stereocenters. The molecule has 130 valence electrons. The highest BCUT2D eigenvalue weighted by Crippen LogP contribution is 2.25. The molecule has 24 heavy (non-hydrogen) atoms. The first kappa shape index (κ1) is 20.5. The number of hydrogen-bond acceptors (Lipinski definition) is 4. The highest BCUT2D eigenvalue weighted by molar-refractivity contribution is 14.1. The van der Waals surface area contributed by atoms with Gasteiger partial charge in [-0.2, -0.15) is 0 Å². The lowest BCUT2D eigenvalue weighted by Crippen LogP contribution is -2.24. The van der Waals surface area contributed by atoms with E-state index in [-0.39, 0.29) is 17.7 Å². The predicted molar refractivity (Wildman–Crippen MR) is 103 cm³/mol. The fraction of sp³-hybridized carbons (Fsp3) is 0.389. The van der Waals surface area contributed by atoms with E-state index in [2.05, 4.69) is 29.5 Å². The quantitative estimate of drug-likeness (QED) is 0.177. The number of allylic oxidation sites excluding steroid dienone is 1. The number of rotatable bonds is 9. The number of carbonyl (C=O) groups is 1. The van der Waals surface area contributed by atoms with E-state index in [9.17, 15) is 14.9 Å². The largest absolute Gasteiger partial charge is 0.369 e. The summed E-state index contributed by atoms with van der Waals surface area (Å²) in [6.07, 6.45) is 3.49.